The van der Waals surface area contributed by atoms with Crippen molar-refractivity contribution in [3.8, 4) is 0 Å². The maximum atomic E-state index is 12.0. The van der Waals surface area contributed by atoms with Gasteiger partial charge in [0.2, 0.25) is 5.91 Å². The summed E-state index contributed by atoms with van der Waals surface area (Å²) in [5, 5.41) is 14.2. The fourth-order valence-electron chi connectivity index (χ4n) is 1.31. The Balaban J connectivity index is 4.69. The Labute approximate surface area is 102 Å². The highest BCUT2D eigenvalue weighted by molar-refractivity contribution is 5.87. The zero-order chi connectivity index (χ0) is 13.6. The second-order valence-corrected chi connectivity index (χ2v) is 4.90. The topological polar surface area (TPSA) is 104 Å². The van der Waals surface area contributed by atoms with E-state index < -0.39 is 17.6 Å². The molecule has 0 aromatic carbocycles. The van der Waals surface area contributed by atoms with Gasteiger partial charge in [-0.1, -0.05) is 20.3 Å². The van der Waals surface area contributed by atoms with E-state index in [2.05, 4.69) is 10.6 Å². The van der Waals surface area contributed by atoms with Crippen LogP contribution in [0.4, 0.5) is 4.79 Å². The van der Waals surface area contributed by atoms with Gasteiger partial charge in [-0.2, -0.15) is 0 Å². The van der Waals surface area contributed by atoms with E-state index >= 15 is 0 Å². The highest BCUT2D eigenvalue weighted by Gasteiger charge is 2.29. The Bertz CT molecular complexity index is 279. The standard InChI is InChI=1S/C11H23N3O3/c1-5-7(2)8(13-10(12)17)9(16)14-11(3,4)6-15/h7-8,15H,5-6H2,1-4H3,(H,14,16)(H3,12,13,17). The molecule has 0 aliphatic carbocycles. The van der Waals surface area contributed by atoms with Gasteiger partial charge < -0.3 is 21.5 Å². The second-order valence-electron chi connectivity index (χ2n) is 4.90. The van der Waals surface area contributed by atoms with Crippen LogP contribution >= 0.6 is 0 Å². The van der Waals surface area contributed by atoms with Crippen molar-refractivity contribution in [2.24, 2.45) is 11.7 Å². The molecule has 5 N–H and O–H groups in total. The molecule has 0 saturated carbocycles. The Morgan fingerprint density at radius 2 is 1.94 bits per heavy atom. The molecule has 0 rings (SSSR count). The number of urea groups is 1. The first-order chi connectivity index (χ1) is 7.73. The number of amides is 3. The first kappa shape index (κ1) is 15.7. The molecule has 0 heterocycles. The summed E-state index contributed by atoms with van der Waals surface area (Å²) in [5.41, 5.74) is 4.32. The molecule has 0 aliphatic rings. The summed E-state index contributed by atoms with van der Waals surface area (Å²) in [6.07, 6.45) is 0.734. The van der Waals surface area contributed by atoms with E-state index in [0.29, 0.717) is 0 Å². The van der Waals surface area contributed by atoms with Gasteiger partial charge in [-0.05, 0) is 19.8 Å². The van der Waals surface area contributed by atoms with E-state index in [-0.39, 0.29) is 18.4 Å². The molecule has 0 saturated heterocycles. The third-order valence-electron chi connectivity index (χ3n) is 2.65. The van der Waals surface area contributed by atoms with Gasteiger partial charge in [-0.25, -0.2) is 4.79 Å². The monoisotopic (exact) mass is 245 g/mol. The number of carbonyl (C=O) groups excluding carboxylic acids is 2. The van der Waals surface area contributed by atoms with E-state index in [0.717, 1.165) is 6.42 Å². The summed E-state index contributed by atoms with van der Waals surface area (Å²) >= 11 is 0. The van der Waals surface area contributed by atoms with Crippen LogP contribution in [0, 0.1) is 5.92 Å². The molecule has 0 spiro atoms. The highest BCUT2D eigenvalue weighted by Crippen LogP contribution is 2.10. The molecule has 0 aliphatic heterocycles. The molecular weight excluding hydrogens is 222 g/mol. The Morgan fingerprint density at radius 1 is 1.41 bits per heavy atom. The zero-order valence-electron chi connectivity index (χ0n) is 10.9. The first-order valence-corrected chi connectivity index (χ1v) is 5.72. The normalized spacial score (nSPS) is 14.9. The van der Waals surface area contributed by atoms with Crippen molar-refractivity contribution in [3.63, 3.8) is 0 Å². The molecule has 0 aromatic heterocycles. The van der Waals surface area contributed by atoms with Crippen LogP contribution in [0.2, 0.25) is 0 Å². The van der Waals surface area contributed by atoms with Gasteiger partial charge in [0.15, 0.2) is 0 Å². The number of nitrogens with two attached hydrogens (primary N) is 1. The number of aliphatic hydroxyl groups is 1. The summed E-state index contributed by atoms with van der Waals surface area (Å²) in [4.78, 5) is 22.8. The van der Waals surface area contributed by atoms with Crippen molar-refractivity contribution < 1.29 is 14.7 Å². The van der Waals surface area contributed by atoms with E-state index in [1.54, 1.807) is 13.8 Å². The average Bonchev–Trinajstić information content (AvgIpc) is 2.23. The molecule has 2 unspecified atom stereocenters. The summed E-state index contributed by atoms with van der Waals surface area (Å²) in [7, 11) is 0. The zero-order valence-corrected chi connectivity index (χ0v) is 10.9. The van der Waals surface area contributed by atoms with Crippen LogP contribution in [0.3, 0.4) is 0 Å². The van der Waals surface area contributed by atoms with E-state index in [1.165, 1.54) is 0 Å². The van der Waals surface area contributed by atoms with Gasteiger partial charge in [0.05, 0.1) is 12.1 Å². The first-order valence-electron chi connectivity index (χ1n) is 5.72. The molecule has 6 nitrogen and oxygen atoms in total. The summed E-state index contributed by atoms with van der Waals surface area (Å²) in [6, 6.07) is -1.41. The van der Waals surface area contributed by atoms with Crippen molar-refractivity contribution in [2.45, 2.75) is 45.7 Å². The molecule has 0 aromatic rings. The van der Waals surface area contributed by atoms with E-state index in [4.69, 9.17) is 10.8 Å². The number of hydrogen-bond acceptors (Lipinski definition) is 3. The molecule has 6 heteroatoms. The minimum Gasteiger partial charge on any atom is -0.394 e. The molecule has 2 atom stereocenters. The number of hydrogen-bond donors (Lipinski definition) is 4. The third-order valence-corrected chi connectivity index (χ3v) is 2.65. The summed E-state index contributed by atoms with van der Waals surface area (Å²) < 4.78 is 0. The number of rotatable bonds is 6. The number of carbonyl (C=O) groups is 2. The molecule has 0 fully saturated rings. The summed E-state index contributed by atoms with van der Waals surface area (Å²) in [5.74, 6) is -0.366. The molecular formula is C11H23N3O3. The lowest BCUT2D eigenvalue weighted by Gasteiger charge is -2.29. The molecule has 0 bridgehead atoms. The lowest BCUT2D eigenvalue weighted by Crippen LogP contribution is -2.57. The van der Waals surface area contributed by atoms with E-state index in [9.17, 15) is 9.59 Å². The van der Waals surface area contributed by atoms with Gasteiger partial charge in [0.25, 0.3) is 0 Å². The number of aliphatic hydroxyl groups excluding tert-OH is 1. The third kappa shape index (κ3) is 5.53. The van der Waals surface area contributed by atoms with Crippen LogP contribution < -0.4 is 16.4 Å². The molecule has 17 heavy (non-hydrogen) atoms. The number of primary amides is 1. The van der Waals surface area contributed by atoms with Crippen molar-refractivity contribution >= 4 is 11.9 Å². The Morgan fingerprint density at radius 3 is 2.29 bits per heavy atom. The Kier molecular flexibility index (Phi) is 5.95. The van der Waals surface area contributed by atoms with Crippen LogP contribution in [-0.2, 0) is 4.79 Å². The minimum absolute atomic E-state index is 0.0306. The van der Waals surface area contributed by atoms with Crippen molar-refractivity contribution in [1.29, 1.82) is 0 Å². The van der Waals surface area contributed by atoms with Gasteiger partial charge in [-0.3, -0.25) is 4.79 Å². The lowest BCUT2D eigenvalue weighted by molar-refractivity contribution is -0.126. The minimum atomic E-state index is -0.729. The maximum absolute atomic E-state index is 12.0. The maximum Gasteiger partial charge on any atom is 0.312 e. The fraction of sp³-hybridized carbons (Fsp3) is 0.818. The van der Waals surface area contributed by atoms with Crippen LogP contribution in [0.1, 0.15) is 34.1 Å². The van der Waals surface area contributed by atoms with Crippen molar-refractivity contribution in [1.82, 2.24) is 10.6 Å². The predicted molar refractivity (Wildman–Crippen MR) is 65.3 cm³/mol. The average molecular weight is 245 g/mol. The second kappa shape index (κ2) is 6.44. The highest BCUT2D eigenvalue weighted by atomic mass is 16.3. The lowest BCUT2D eigenvalue weighted by atomic mass is 9.97. The fourth-order valence-corrected chi connectivity index (χ4v) is 1.31. The molecule has 3 amide bonds. The van der Waals surface area contributed by atoms with Crippen molar-refractivity contribution in [2.75, 3.05) is 6.61 Å². The van der Waals surface area contributed by atoms with Gasteiger partial charge in [-0.15, -0.1) is 0 Å². The number of nitrogens with one attached hydrogen (secondary N) is 2. The SMILES string of the molecule is CCC(C)C(NC(N)=O)C(=O)NC(C)(C)CO. The largest absolute Gasteiger partial charge is 0.394 e. The van der Waals surface area contributed by atoms with Gasteiger partial charge >= 0.3 is 6.03 Å². The Hall–Kier alpha value is -1.30. The van der Waals surface area contributed by atoms with Gasteiger partial charge in [0.1, 0.15) is 6.04 Å². The van der Waals surface area contributed by atoms with Crippen LogP contribution in [0.5, 0.6) is 0 Å². The molecule has 100 valence electrons. The summed E-state index contributed by atoms with van der Waals surface area (Å²) in [6.45, 7) is 6.99. The van der Waals surface area contributed by atoms with Crippen molar-refractivity contribution in [3.05, 3.63) is 0 Å². The molecule has 0 radical (unpaired) electrons. The van der Waals surface area contributed by atoms with Crippen LogP contribution in [0.15, 0.2) is 0 Å². The van der Waals surface area contributed by atoms with Gasteiger partial charge in [0, 0.05) is 0 Å². The van der Waals surface area contributed by atoms with Crippen LogP contribution in [-0.4, -0.2) is 35.2 Å². The smallest absolute Gasteiger partial charge is 0.312 e. The van der Waals surface area contributed by atoms with E-state index in [1.807, 2.05) is 13.8 Å². The predicted octanol–water partition coefficient (Wildman–Crippen LogP) is -0.0435. The van der Waals surface area contributed by atoms with Crippen LogP contribution in [0.25, 0.3) is 0 Å². The quantitative estimate of drug-likeness (QED) is 0.527.